The van der Waals surface area contributed by atoms with Gasteiger partial charge in [0.2, 0.25) is 5.91 Å². The summed E-state index contributed by atoms with van der Waals surface area (Å²) >= 11 is 0. The summed E-state index contributed by atoms with van der Waals surface area (Å²) < 4.78 is 0. The summed E-state index contributed by atoms with van der Waals surface area (Å²) in [6, 6.07) is 18.2. The van der Waals surface area contributed by atoms with Gasteiger partial charge < -0.3 is 10.4 Å². The van der Waals surface area contributed by atoms with Crippen molar-refractivity contribution in [2.75, 3.05) is 18.4 Å². The first-order valence-electron chi connectivity index (χ1n) is 8.44. The molecule has 4 nitrogen and oxygen atoms in total. The highest BCUT2D eigenvalue weighted by molar-refractivity contribution is 5.88. The number of piperidine rings is 1. The molecule has 0 aromatic heterocycles. The number of nitrogens with one attached hydrogen (secondary N) is 1. The van der Waals surface area contributed by atoms with Crippen molar-refractivity contribution >= 4 is 11.6 Å². The van der Waals surface area contributed by atoms with Crippen molar-refractivity contribution in [2.45, 2.75) is 31.9 Å². The Morgan fingerprint density at radius 2 is 1.88 bits per heavy atom. The number of carbonyl (C=O) groups excluding carboxylic acids is 1. The number of anilines is 1. The van der Waals surface area contributed by atoms with Gasteiger partial charge in [-0.1, -0.05) is 42.5 Å². The second-order valence-corrected chi connectivity index (χ2v) is 6.49. The lowest BCUT2D eigenvalue weighted by atomic mass is 9.87. The molecule has 2 aromatic carbocycles. The smallest absolute Gasteiger partial charge is 0.221 e. The third-order valence-corrected chi connectivity index (χ3v) is 4.57. The van der Waals surface area contributed by atoms with Gasteiger partial charge in [-0.25, -0.2) is 0 Å². The maximum absolute atomic E-state index is 11.1. The van der Waals surface area contributed by atoms with E-state index in [1.165, 1.54) is 18.1 Å². The second-order valence-electron chi connectivity index (χ2n) is 6.49. The third-order valence-electron chi connectivity index (χ3n) is 4.57. The number of β-amino-alcohol motifs (C(OH)–C–C–N with tert-alkyl or cyclic N) is 1. The van der Waals surface area contributed by atoms with Crippen LogP contribution in [0.5, 0.6) is 0 Å². The second kappa shape index (κ2) is 7.60. The van der Waals surface area contributed by atoms with Crippen molar-refractivity contribution in [1.82, 2.24) is 4.90 Å². The molecule has 2 N–H and O–H groups in total. The lowest BCUT2D eigenvalue weighted by Gasteiger charge is -2.36. The molecule has 0 radical (unpaired) electrons. The van der Waals surface area contributed by atoms with Gasteiger partial charge in [0.1, 0.15) is 0 Å². The van der Waals surface area contributed by atoms with Gasteiger partial charge in [-0.2, -0.15) is 0 Å². The lowest BCUT2D eigenvalue weighted by Crippen LogP contribution is -2.42. The summed E-state index contributed by atoms with van der Waals surface area (Å²) in [6.45, 7) is 3.99. The summed E-state index contributed by atoms with van der Waals surface area (Å²) in [5, 5.41) is 13.3. The van der Waals surface area contributed by atoms with E-state index >= 15 is 0 Å². The van der Waals surface area contributed by atoms with E-state index < -0.39 is 0 Å². The van der Waals surface area contributed by atoms with Gasteiger partial charge in [-0.05, 0) is 36.2 Å². The van der Waals surface area contributed by atoms with Gasteiger partial charge in [0.15, 0.2) is 0 Å². The average molecular weight is 324 g/mol. The molecule has 0 unspecified atom stereocenters. The Morgan fingerprint density at radius 1 is 1.17 bits per heavy atom. The zero-order valence-electron chi connectivity index (χ0n) is 14.0. The lowest BCUT2D eigenvalue weighted by molar-refractivity contribution is -0.114. The molecule has 0 saturated carbocycles. The van der Waals surface area contributed by atoms with Crippen molar-refractivity contribution in [3.63, 3.8) is 0 Å². The van der Waals surface area contributed by atoms with Gasteiger partial charge >= 0.3 is 0 Å². The van der Waals surface area contributed by atoms with Crippen LogP contribution in [-0.4, -0.2) is 35.1 Å². The quantitative estimate of drug-likeness (QED) is 0.909. The van der Waals surface area contributed by atoms with Crippen LogP contribution in [0.1, 0.15) is 30.4 Å². The van der Waals surface area contributed by atoms with Crippen LogP contribution < -0.4 is 5.32 Å². The molecule has 2 atom stereocenters. The van der Waals surface area contributed by atoms with E-state index in [4.69, 9.17) is 0 Å². The molecule has 1 aliphatic rings. The van der Waals surface area contributed by atoms with E-state index in [-0.39, 0.29) is 17.9 Å². The van der Waals surface area contributed by atoms with E-state index in [9.17, 15) is 9.90 Å². The fraction of sp³-hybridized carbons (Fsp3) is 0.350. The highest BCUT2D eigenvalue weighted by Crippen LogP contribution is 2.29. The van der Waals surface area contributed by atoms with Crippen LogP contribution >= 0.6 is 0 Å². The zero-order chi connectivity index (χ0) is 16.9. The van der Waals surface area contributed by atoms with Crippen molar-refractivity contribution in [1.29, 1.82) is 0 Å². The normalized spacial score (nSPS) is 21.4. The molecule has 1 fully saturated rings. The number of nitrogens with zero attached hydrogens (tertiary/aromatic N) is 1. The molecule has 0 spiro atoms. The summed E-state index contributed by atoms with van der Waals surface area (Å²) in [5.41, 5.74) is 3.23. The van der Waals surface area contributed by atoms with Crippen molar-refractivity contribution in [2.24, 2.45) is 0 Å². The molecule has 4 heteroatoms. The Bertz CT molecular complexity index is 670. The fourth-order valence-corrected chi connectivity index (χ4v) is 3.38. The first-order valence-corrected chi connectivity index (χ1v) is 8.44. The number of aliphatic hydroxyl groups is 1. The summed E-state index contributed by atoms with van der Waals surface area (Å²) in [5.74, 6) is 0.165. The van der Waals surface area contributed by atoms with Crippen LogP contribution in [0.4, 0.5) is 5.69 Å². The van der Waals surface area contributed by atoms with Crippen molar-refractivity contribution in [3.8, 4) is 0 Å². The molecule has 1 amide bonds. The molecule has 3 rings (SSSR count). The van der Waals surface area contributed by atoms with Crippen LogP contribution in [0.2, 0.25) is 0 Å². The number of aliphatic hydroxyl groups excluding tert-OH is 1. The largest absolute Gasteiger partial charge is 0.391 e. The number of carbonyl (C=O) groups is 1. The summed E-state index contributed by atoms with van der Waals surface area (Å²) in [7, 11) is 0. The minimum absolute atomic E-state index is 0.0612. The summed E-state index contributed by atoms with van der Waals surface area (Å²) in [4.78, 5) is 13.3. The van der Waals surface area contributed by atoms with Crippen molar-refractivity contribution < 1.29 is 9.90 Å². The SMILES string of the molecule is CC(=O)Nc1ccc(CN2CC[C@H](c3ccccc3)[C@H](O)C2)cc1. The fourth-order valence-electron chi connectivity index (χ4n) is 3.38. The Morgan fingerprint density at radius 3 is 2.50 bits per heavy atom. The molecule has 126 valence electrons. The average Bonchev–Trinajstić information content (AvgIpc) is 2.57. The van der Waals surface area contributed by atoms with Gasteiger partial charge in [0, 0.05) is 31.6 Å². The molecule has 24 heavy (non-hydrogen) atoms. The van der Waals surface area contributed by atoms with Gasteiger partial charge in [-0.3, -0.25) is 9.69 Å². The molecule has 1 heterocycles. The number of likely N-dealkylation sites (tertiary alicyclic amines) is 1. The maximum Gasteiger partial charge on any atom is 0.221 e. The Labute approximate surface area is 143 Å². The van der Waals surface area contributed by atoms with Crippen LogP contribution in [0.15, 0.2) is 54.6 Å². The van der Waals surface area contributed by atoms with E-state index in [1.54, 1.807) is 0 Å². The van der Waals surface area contributed by atoms with E-state index in [2.05, 4.69) is 22.3 Å². The topological polar surface area (TPSA) is 52.6 Å². The zero-order valence-corrected chi connectivity index (χ0v) is 14.0. The first kappa shape index (κ1) is 16.7. The van der Waals surface area contributed by atoms with Gasteiger partial charge in [-0.15, -0.1) is 0 Å². The highest BCUT2D eigenvalue weighted by atomic mass is 16.3. The number of amides is 1. The minimum Gasteiger partial charge on any atom is -0.391 e. The van der Waals surface area contributed by atoms with Gasteiger partial charge in [0.05, 0.1) is 6.10 Å². The van der Waals surface area contributed by atoms with Crippen LogP contribution in [0.25, 0.3) is 0 Å². The monoisotopic (exact) mass is 324 g/mol. The first-order chi connectivity index (χ1) is 11.6. The standard InChI is InChI=1S/C20H24N2O2/c1-15(23)21-18-9-7-16(8-10-18)13-22-12-11-19(20(24)14-22)17-5-3-2-4-6-17/h2-10,19-20,24H,11-14H2,1H3,(H,21,23)/t19-,20-/m1/s1. The van der Waals surface area contributed by atoms with Crippen LogP contribution in [0, 0.1) is 0 Å². The van der Waals surface area contributed by atoms with Crippen molar-refractivity contribution in [3.05, 3.63) is 65.7 Å². The Balaban J connectivity index is 1.57. The van der Waals surface area contributed by atoms with E-state index in [0.717, 1.165) is 25.2 Å². The van der Waals surface area contributed by atoms with Crippen LogP contribution in [-0.2, 0) is 11.3 Å². The molecule has 0 aliphatic carbocycles. The van der Waals surface area contributed by atoms with Gasteiger partial charge in [0.25, 0.3) is 0 Å². The molecule has 1 aliphatic heterocycles. The number of hydrogen-bond acceptors (Lipinski definition) is 3. The Kier molecular flexibility index (Phi) is 5.28. The number of rotatable bonds is 4. The number of benzene rings is 2. The predicted molar refractivity (Wildman–Crippen MR) is 95.8 cm³/mol. The third kappa shape index (κ3) is 4.22. The molecule has 0 bridgehead atoms. The Hall–Kier alpha value is -2.17. The molecule has 2 aromatic rings. The maximum atomic E-state index is 11.1. The van der Waals surface area contributed by atoms with Crippen LogP contribution in [0.3, 0.4) is 0 Å². The minimum atomic E-state index is -0.334. The number of hydrogen-bond donors (Lipinski definition) is 2. The van der Waals surface area contributed by atoms with E-state index in [1.807, 2.05) is 42.5 Å². The molecular formula is C20H24N2O2. The molecular weight excluding hydrogens is 300 g/mol. The highest BCUT2D eigenvalue weighted by Gasteiger charge is 2.28. The molecule has 1 saturated heterocycles. The predicted octanol–water partition coefficient (Wildman–Crippen LogP) is 3.00. The van der Waals surface area contributed by atoms with E-state index in [0.29, 0.717) is 6.54 Å². The summed E-state index contributed by atoms with van der Waals surface area (Å²) in [6.07, 6.45) is 0.634.